The average molecular weight is 430 g/mol. The van der Waals surface area contributed by atoms with E-state index in [1.807, 2.05) is 24.3 Å². The summed E-state index contributed by atoms with van der Waals surface area (Å²) in [5.41, 5.74) is 1.83. The van der Waals surface area contributed by atoms with Crippen LogP contribution in [0, 0.1) is 0 Å². The van der Waals surface area contributed by atoms with E-state index in [0.717, 1.165) is 17.7 Å². The molecule has 31 heavy (non-hydrogen) atoms. The molecular weight excluding hydrogens is 398 g/mol. The number of rotatable bonds is 13. The van der Waals surface area contributed by atoms with Gasteiger partial charge in [0.25, 0.3) is 0 Å². The normalized spacial score (nSPS) is 11.5. The van der Waals surface area contributed by atoms with E-state index in [-0.39, 0.29) is 18.4 Å². The quantitative estimate of drug-likeness (QED) is 0.361. The summed E-state index contributed by atoms with van der Waals surface area (Å²) in [7, 11) is 0. The van der Waals surface area contributed by atoms with Crippen molar-refractivity contribution in [1.82, 2.24) is 10.6 Å². The number of aliphatic hydroxyl groups excluding tert-OH is 1. The maximum absolute atomic E-state index is 11.0. The van der Waals surface area contributed by atoms with Crippen LogP contribution in [0.2, 0.25) is 0 Å². The Morgan fingerprint density at radius 3 is 2.19 bits per heavy atom. The van der Waals surface area contributed by atoms with Crippen LogP contribution in [0.5, 0.6) is 11.5 Å². The summed E-state index contributed by atoms with van der Waals surface area (Å²) in [6.07, 6.45) is 0.116. The van der Waals surface area contributed by atoms with Crippen LogP contribution in [0.3, 0.4) is 0 Å². The molecular formula is C23H31N3O5. The summed E-state index contributed by atoms with van der Waals surface area (Å²) >= 11 is 0. The van der Waals surface area contributed by atoms with Crippen molar-refractivity contribution in [1.29, 1.82) is 0 Å². The first-order valence-corrected chi connectivity index (χ1v) is 10.3. The minimum atomic E-state index is -0.642. The highest BCUT2D eigenvalue weighted by molar-refractivity contribution is 5.88. The Kier molecular flexibility index (Phi) is 10.3. The number of anilines is 1. The van der Waals surface area contributed by atoms with E-state index in [4.69, 9.17) is 9.47 Å². The van der Waals surface area contributed by atoms with Gasteiger partial charge in [-0.3, -0.25) is 9.59 Å². The zero-order chi connectivity index (χ0) is 22.5. The Morgan fingerprint density at radius 1 is 0.903 bits per heavy atom. The number of carbonyl (C=O) groups excluding carboxylic acids is 2. The van der Waals surface area contributed by atoms with Gasteiger partial charge in [-0.25, -0.2) is 0 Å². The number of benzene rings is 2. The van der Waals surface area contributed by atoms with Gasteiger partial charge < -0.3 is 30.5 Å². The smallest absolute Gasteiger partial charge is 0.221 e. The van der Waals surface area contributed by atoms with Crippen LogP contribution in [0.1, 0.15) is 19.4 Å². The van der Waals surface area contributed by atoms with Crippen LogP contribution < -0.4 is 25.4 Å². The second-order valence-electron chi connectivity index (χ2n) is 7.10. The molecule has 0 aliphatic carbocycles. The number of hydrogen-bond donors (Lipinski definition) is 4. The number of aliphatic hydroxyl groups is 1. The molecule has 1 unspecified atom stereocenters. The zero-order valence-corrected chi connectivity index (χ0v) is 18.0. The zero-order valence-electron chi connectivity index (χ0n) is 18.0. The summed E-state index contributed by atoms with van der Waals surface area (Å²) in [4.78, 5) is 21.9. The lowest BCUT2D eigenvalue weighted by atomic mass is 10.1. The maximum Gasteiger partial charge on any atom is 0.221 e. The standard InChI is InChI=1S/C23H31N3O5/c1-17(27)25-12-11-19-3-7-23(8-4-19)31-16-21(29)15-24-13-14-30-22-9-5-20(6-10-22)26-18(2)28/h3-10,21,24,29H,11-16H2,1-2H3,(H,25,27)(H,26,28). The predicted octanol–water partition coefficient (Wildman–Crippen LogP) is 1.73. The predicted molar refractivity (Wildman–Crippen MR) is 119 cm³/mol. The van der Waals surface area contributed by atoms with Gasteiger partial charge in [0.05, 0.1) is 0 Å². The van der Waals surface area contributed by atoms with Gasteiger partial charge in [0.2, 0.25) is 11.8 Å². The number of carbonyl (C=O) groups is 2. The third kappa shape index (κ3) is 10.5. The lowest BCUT2D eigenvalue weighted by Gasteiger charge is -2.14. The molecule has 0 aromatic heterocycles. The van der Waals surface area contributed by atoms with Crippen molar-refractivity contribution in [3.8, 4) is 11.5 Å². The first-order valence-electron chi connectivity index (χ1n) is 10.3. The molecule has 2 aromatic carbocycles. The van der Waals surface area contributed by atoms with Crippen molar-refractivity contribution in [2.24, 2.45) is 0 Å². The summed E-state index contributed by atoms with van der Waals surface area (Å²) in [6, 6.07) is 14.7. The molecule has 0 aliphatic rings. The Bertz CT molecular complexity index is 809. The van der Waals surface area contributed by atoms with E-state index in [1.54, 1.807) is 24.3 Å². The molecule has 0 saturated carbocycles. The second kappa shape index (κ2) is 13.3. The van der Waals surface area contributed by atoms with Gasteiger partial charge >= 0.3 is 0 Å². The van der Waals surface area contributed by atoms with E-state index in [0.29, 0.717) is 37.7 Å². The Morgan fingerprint density at radius 2 is 1.55 bits per heavy atom. The fourth-order valence-electron chi connectivity index (χ4n) is 2.73. The van der Waals surface area contributed by atoms with Gasteiger partial charge in [-0.05, 0) is 48.4 Å². The van der Waals surface area contributed by atoms with Crippen molar-refractivity contribution >= 4 is 17.5 Å². The van der Waals surface area contributed by atoms with Gasteiger partial charge in [0.15, 0.2) is 0 Å². The number of nitrogens with one attached hydrogen (secondary N) is 3. The SMILES string of the molecule is CC(=O)NCCc1ccc(OCC(O)CNCCOc2ccc(NC(C)=O)cc2)cc1. The first kappa shape index (κ1) is 24.2. The minimum Gasteiger partial charge on any atom is -0.492 e. The summed E-state index contributed by atoms with van der Waals surface area (Å²) in [5.74, 6) is 1.25. The maximum atomic E-state index is 11.0. The topological polar surface area (TPSA) is 109 Å². The van der Waals surface area contributed by atoms with Crippen molar-refractivity contribution in [3.63, 3.8) is 0 Å². The number of amides is 2. The van der Waals surface area contributed by atoms with Gasteiger partial charge in [-0.15, -0.1) is 0 Å². The summed E-state index contributed by atoms with van der Waals surface area (Å²) < 4.78 is 11.2. The number of ether oxygens (including phenoxy) is 2. The van der Waals surface area contributed by atoms with Crippen LogP contribution >= 0.6 is 0 Å². The van der Waals surface area contributed by atoms with E-state index in [1.165, 1.54) is 13.8 Å². The second-order valence-corrected chi connectivity index (χ2v) is 7.10. The van der Waals surface area contributed by atoms with Gasteiger partial charge in [-0.1, -0.05) is 12.1 Å². The van der Waals surface area contributed by atoms with Crippen molar-refractivity contribution in [2.75, 3.05) is 38.2 Å². The van der Waals surface area contributed by atoms with E-state index in [2.05, 4.69) is 16.0 Å². The Labute approximate surface area is 182 Å². The van der Waals surface area contributed by atoms with Crippen LogP contribution in [0.4, 0.5) is 5.69 Å². The summed E-state index contributed by atoms with van der Waals surface area (Å²) in [5, 5.41) is 18.6. The van der Waals surface area contributed by atoms with Gasteiger partial charge in [-0.2, -0.15) is 0 Å². The number of hydrogen-bond acceptors (Lipinski definition) is 6. The van der Waals surface area contributed by atoms with Gasteiger partial charge in [0, 0.05) is 39.2 Å². The highest BCUT2D eigenvalue weighted by Crippen LogP contribution is 2.15. The molecule has 0 fully saturated rings. The van der Waals surface area contributed by atoms with E-state index < -0.39 is 6.10 Å². The Hall–Kier alpha value is -3.10. The van der Waals surface area contributed by atoms with E-state index in [9.17, 15) is 14.7 Å². The molecule has 4 N–H and O–H groups in total. The highest BCUT2D eigenvalue weighted by Gasteiger charge is 2.05. The van der Waals surface area contributed by atoms with Crippen molar-refractivity contribution in [3.05, 3.63) is 54.1 Å². The largest absolute Gasteiger partial charge is 0.492 e. The lowest BCUT2D eigenvalue weighted by Crippen LogP contribution is -2.33. The van der Waals surface area contributed by atoms with Crippen LogP contribution in [0.25, 0.3) is 0 Å². The first-order chi connectivity index (χ1) is 14.9. The third-order valence-corrected chi connectivity index (χ3v) is 4.26. The lowest BCUT2D eigenvalue weighted by molar-refractivity contribution is -0.119. The molecule has 0 saturated heterocycles. The fourth-order valence-corrected chi connectivity index (χ4v) is 2.73. The molecule has 2 amide bonds. The molecule has 0 aliphatic heterocycles. The van der Waals surface area contributed by atoms with E-state index >= 15 is 0 Å². The molecule has 0 heterocycles. The van der Waals surface area contributed by atoms with Crippen LogP contribution in [-0.4, -0.2) is 55.9 Å². The van der Waals surface area contributed by atoms with Gasteiger partial charge in [0.1, 0.15) is 30.8 Å². The molecule has 2 rings (SSSR count). The molecule has 0 spiro atoms. The summed E-state index contributed by atoms with van der Waals surface area (Å²) in [6.45, 7) is 5.17. The average Bonchev–Trinajstić information content (AvgIpc) is 2.73. The molecule has 168 valence electrons. The molecule has 2 aromatic rings. The molecule has 1 atom stereocenters. The fraction of sp³-hybridized carbons (Fsp3) is 0.391. The van der Waals surface area contributed by atoms with Crippen molar-refractivity contribution in [2.45, 2.75) is 26.4 Å². The van der Waals surface area contributed by atoms with Crippen LogP contribution in [0.15, 0.2) is 48.5 Å². The van der Waals surface area contributed by atoms with Crippen LogP contribution in [-0.2, 0) is 16.0 Å². The molecule has 8 nitrogen and oxygen atoms in total. The third-order valence-electron chi connectivity index (χ3n) is 4.26. The Balaban J connectivity index is 1.56. The molecule has 8 heteroatoms. The minimum absolute atomic E-state index is 0.0357. The highest BCUT2D eigenvalue weighted by atomic mass is 16.5. The monoisotopic (exact) mass is 429 g/mol. The molecule has 0 radical (unpaired) electrons. The van der Waals surface area contributed by atoms with Crippen molar-refractivity contribution < 1.29 is 24.2 Å². The molecule has 0 bridgehead atoms.